The summed E-state index contributed by atoms with van der Waals surface area (Å²) in [7, 11) is 4.00. The van der Waals surface area contributed by atoms with E-state index < -0.39 is 17.5 Å². The molecule has 0 radical (unpaired) electrons. The lowest BCUT2D eigenvalue weighted by molar-refractivity contribution is -0.890. The Morgan fingerprint density at radius 2 is 1.83 bits per heavy atom. The van der Waals surface area contributed by atoms with Crippen molar-refractivity contribution in [2.75, 3.05) is 19.8 Å². The number of carbonyl (C=O) groups is 2. The maximum atomic E-state index is 13.4. The number of aromatic nitrogens is 3. The third-order valence-corrected chi connectivity index (χ3v) is 5.00. The molecule has 1 aromatic heterocycles. The number of thioether (sulfide) groups is 1. The van der Waals surface area contributed by atoms with Crippen molar-refractivity contribution < 1.29 is 18.9 Å². The van der Waals surface area contributed by atoms with Crippen LogP contribution < -0.4 is 15.5 Å². The number of hydrogen-bond donors (Lipinski definition) is 3. The molecule has 2 rings (SSSR count). The number of rotatable bonds is 6. The summed E-state index contributed by atoms with van der Waals surface area (Å²) in [5.74, 6) is -0.101. The summed E-state index contributed by atoms with van der Waals surface area (Å²) in [4.78, 5) is 25.1. The van der Waals surface area contributed by atoms with Crippen molar-refractivity contribution in [3.8, 4) is 5.69 Å². The number of halogens is 1. The van der Waals surface area contributed by atoms with E-state index in [9.17, 15) is 14.0 Å². The Balaban J connectivity index is 2.19. The van der Waals surface area contributed by atoms with E-state index in [4.69, 9.17) is 0 Å². The van der Waals surface area contributed by atoms with E-state index >= 15 is 0 Å². The minimum absolute atomic E-state index is 0.0138. The normalized spacial score (nSPS) is 12.7. The van der Waals surface area contributed by atoms with Gasteiger partial charge in [0, 0.05) is 11.2 Å². The number of carbonyl (C=O) groups excluding carboxylic acids is 2. The van der Waals surface area contributed by atoms with Crippen molar-refractivity contribution in [1.29, 1.82) is 0 Å². The Hall–Kier alpha value is -2.46. The van der Waals surface area contributed by atoms with Crippen molar-refractivity contribution in [1.82, 2.24) is 25.4 Å². The molecule has 158 valence electrons. The Labute approximate surface area is 174 Å². The summed E-state index contributed by atoms with van der Waals surface area (Å²) >= 11 is 1.16. The third-order valence-electron chi connectivity index (χ3n) is 4.07. The van der Waals surface area contributed by atoms with E-state index in [2.05, 4.69) is 20.8 Å². The first-order valence-electron chi connectivity index (χ1n) is 9.24. The molecule has 0 saturated carbocycles. The Kier molecular flexibility index (Phi) is 7.37. The molecule has 2 aromatic rings. The van der Waals surface area contributed by atoms with Crippen LogP contribution >= 0.6 is 11.8 Å². The van der Waals surface area contributed by atoms with Crippen LogP contribution in [0.4, 0.5) is 9.18 Å². The number of hydrogen-bond acceptors (Lipinski definition) is 5. The Morgan fingerprint density at radius 1 is 1.21 bits per heavy atom. The zero-order chi connectivity index (χ0) is 21.8. The van der Waals surface area contributed by atoms with Crippen molar-refractivity contribution in [2.24, 2.45) is 0 Å². The van der Waals surface area contributed by atoms with Crippen LogP contribution in [0.2, 0.25) is 0 Å². The maximum absolute atomic E-state index is 13.4. The lowest BCUT2D eigenvalue weighted by atomic mass is 10.1. The number of benzene rings is 1. The lowest BCUT2D eigenvalue weighted by Crippen LogP contribution is -3.05. The van der Waals surface area contributed by atoms with Gasteiger partial charge in [0.05, 0.1) is 19.8 Å². The molecule has 0 unspecified atom stereocenters. The predicted octanol–water partition coefficient (Wildman–Crippen LogP) is 1.33. The van der Waals surface area contributed by atoms with Crippen molar-refractivity contribution in [2.45, 2.75) is 44.4 Å². The van der Waals surface area contributed by atoms with E-state index in [1.807, 2.05) is 46.4 Å². The molecule has 0 fully saturated rings. The average molecular weight is 424 g/mol. The summed E-state index contributed by atoms with van der Waals surface area (Å²) in [6, 6.07) is 5.48. The molecule has 0 bridgehead atoms. The third kappa shape index (κ3) is 6.53. The monoisotopic (exact) mass is 423 g/mol. The molecule has 8 nitrogen and oxygen atoms in total. The highest BCUT2D eigenvalue weighted by Gasteiger charge is 2.24. The summed E-state index contributed by atoms with van der Waals surface area (Å²) in [5.41, 5.74) is 0.257. The fraction of sp³-hybridized carbons (Fsp3) is 0.474. The van der Waals surface area contributed by atoms with Crippen LogP contribution in [0.1, 0.15) is 39.6 Å². The zero-order valence-electron chi connectivity index (χ0n) is 17.5. The minimum Gasteiger partial charge on any atom is -0.333 e. The second kappa shape index (κ2) is 9.36. The van der Waals surface area contributed by atoms with Gasteiger partial charge in [-0.1, -0.05) is 11.8 Å². The van der Waals surface area contributed by atoms with Crippen LogP contribution in [0.5, 0.6) is 0 Å². The van der Waals surface area contributed by atoms with E-state index in [-0.39, 0.29) is 17.6 Å². The summed E-state index contributed by atoms with van der Waals surface area (Å²) in [6.45, 7) is 7.49. The first-order valence-corrected chi connectivity index (χ1v) is 10.2. The van der Waals surface area contributed by atoms with Crippen LogP contribution in [-0.2, 0) is 4.79 Å². The molecule has 3 N–H and O–H groups in total. The van der Waals surface area contributed by atoms with Crippen LogP contribution in [0.15, 0.2) is 29.4 Å². The van der Waals surface area contributed by atoms with Gasteiger partial charge >= 0.3 is 6.03 Å². The number of nitrogens with one attached hydrogen (secondary N) is 3. The smallest absolute Gasteiger partial charge is 0.321 e. The number of quaternary nitrogens is 1. The van der Waals surface area contributed by atoms with Crippen LogP contribution in [0.25, 0.3) is 5.69 Å². The molecule has 0 saturated heterocycles. The molecule has 10 heteroatoms. The van der Waals surface area contributed by atoms with Gasteiger partial charge in [0.25, 0.3) is 0 Å². The maximum Gasteiger partial charge on any atom is 0.321 e. The standard InChI is InChI=1S/C19H27FN6O2S/c1-12(25(5)6)16-23-24-18(26(16)14-9-7-13(20)8-10-14)29-11-15(27)21-17(28)22-19(2,3)4/h7-10,12H,11H2,1-6H3,(H2,21,22,27,28)/p+1/t12-/m1/s1. The van der Waals surface area contributed by atoms with Gasteiger partial charge in [-0.2, -0.15) is 0 Å². The largest absolute Gasteiger partial charge is 0.333 e. The quantitative estimate of drug-likeness (QED) is 0.610. The fourth-order valence-corrected chi connectivity index (χ4v) is 3.17. The van der Waals surface area contributed by atoms with Crippen molar-refractivity contribution in [3.63, 3.8) is 0 Å². The zero-order valence-corrected chi connectivity index (χ0v) is 18.4. The highest BCUT2D eigenvalue weighted by Crippen LogP contribution is 2.24. The summed E-state index contributed by atoms with van der Waals surface area (Å²) in [6.07, 6.45) is 0. The molecule has 29 heavy (non-hydrogen) atoms. The van der Waals surface area contributed by atoms with Crippen LogP contribution in [-0.4, -0.2) is 52.1 Å². The number of urea groups is 1. The molecule has 1 atom stereocenters. The molecule has 0 aliphatic rings. The highest BCUT2D eigenvalue weighted by atomic mass is 32.2. The molecule has 0 aliphatic carbocycles. The molecular formula is C19H28FN6O2S+. The van der Waals surface area contributed by atoms with Crippen LogP contribution in [0.3, 0.4) is 0 Å². The van der Waals surface area contributed by atoms with Gasteiger partial charge in [-0.15, -0.1) is 10.2 Å². The predicted molar refractivity (Wildman–Crippen MR) is 110 cm³/mol. The van der Waals surface area contributed by atoms with Crippen LogP contribution in [0, 0.1) is 5.82 Å². The van der Waals surface area contributed by atoms with Crippen molar-refractivity contribution in [3.05, 3.63) is 35.9 Å². The highest BCUT2D eigenvalue weighted by molar-refractivity contribution is 7.99. The van der Waals surface area contributed by atoms with E-state index in [0.717, 1.165) is 16.7 Å². The Morgan fingerprint density at radius 3 is 2.38 bits per heavy atom. The van der Waals surface area contributed by atoms with E-state index in [1.165, 1.54) is 12.1 Å². The molecule has 1 heterocycles. The van der Waals surface area contributed by atoms with Gasteiger partial charge in [-0.25, -0.2) is 9.18 Å². The Bertz CT molecular complexity index is 861. The van der Waals surface area contributed by atoms with Gasteiger partial charge < -0.3 is 10.2 Å². The second-order valence-electron chi connectivity index (χ2n) is 7.99. The molecule has 0 aliphatic heterocycles. The van der Waals surface area contributed by atoms with Gasteiger partial charge in [-0.3, -0.25) is 14.7 Å². The van der Waals surface area contributed by atoms with Crippen molar-refractivity contribution >= 4 is 23.7 Å². The molecule has 0 spiro atoms. The second-order valence-corrected chi connectivity index (χ2v) is 8.94. The molecule has 3 amide bonds. The first-order chi connectivity index (χ1) is 13.5. The number of nitrogens with zero attached hydrogens (tertiary/aromatic N) is 3. The molecule has 1 aromatic carbocycles. The van der Waals surface area contributed by atoms with Gasteiger partial charge in [-0.05, 0) is 52.0 Å². The number of imide groups is 1. The van der Waals surface area contributed by atoms with E-state index in [0.29, 0.717) is 16.7 Å². The summed E-state index contributed by atoms with van der Waals surface area (Å²) in [5, 5.41) is 14.0. The first kappa shape index (κ1) is 22.8. The minimum atomic E-state index is -0.548. The van der Waals surface area contributed by atoms with Gasteiger partial charge in [0.1, 0.15) is 11.9 Å². The topological polar surface area (TPSA) is 93.3 Å². The fourth-order valence-electron chi connectivity index (χ4n) is 2.41. The SMILES string of the molecule is C[C@H](c1nnc(SCC(=O)NC(=O)NC(C)(C)C)n1-c1ccc(F)cc1)[NH+](C)C. The summed E-state index contributed by atoms with van der Waals surface area (Å²) < 4.78 is 15.2. The van der Waals surface area contributed by atoms with Gasteiger partial charge in [0.15, 0.2) is 11.0 Å². The average Bonchev–Trinajstić information content (AvgIpc) is 3.02. The molecular weight excluding hydrogens is 395 g/mol. The van der Waals surface area contributed by atoms with Gasteiger partial charge in [0.2, 0.25) is 5.91 Å². The van der Waals surface area contributed by atoms with E-state index in [1.54, 1.807) is 12.1 Å². The number of amides is 3. The lowest BCUT2D eigenvalue weighted by Gasteiger charge is -2.20.